The molecule has 2 N–H and O–H groups in total. The lowest BCUT2D eigenvalue weighted by molar-refractivity contribution is 0.321. The van der Waals surface area contributed by atoms with E-state index in [4.69, 9.17) is 10.5 Å². The van der Waals surface area contributed by atoms with Gasteiger partial charge < -0.3 is 15.4 Å². The van der Waals surface area contributed by atoms with E-state index < -0.39 is 0 Å². The van der Waals surface area contributed by atoms with Gasteiger partial charge in [-0.3, -0.25) is 0 Å². The average molecular weight is 252 g/mol. The molecule has 1 atom stereocenters. The third kappa shape index (κ3) is 2.52. The Morgan fingerprint density at radius 2 is 2.22 bits per heavy atom. The van der Waals surface area contributed by atoms with Crippen molar-refractivity contribution in [1.82, 2.24) is 0 Å². The van der Waals surface area contributed by atoms with Crippen LogP contribution in [0.15, 0.2) is 12.1 Å². The van der Waals surface area contributed by atoms with Gasteiger partial charge in [0.2, 0.25) is 0 Å². The minimum Gasteiger partial charge on any atom is -0.491 e. The zero-order chi connectivity index (χ0) is 13.1. The number of rotatable bonds is 3. The highest BCUT2D eigenvalue weighted by Crippen LogP contribution is 2.34. The van der Waals surface area contributed by atoms with Gasteiger partial charge in [0.05, 0.1) is 18.0 Å². The van der Waals surface area contributed by atoms with Gasteiger partial charge in [-0.05, 0) is 33.1 Å². The molecule has 0 amide bonds. The summed E-state index contributed by atoms with van der Waals surface area (Å²) in [4.78, 5) is 2.25. The van der Waals surface area contributed by atoms with Gasteiger partial charge >= 0.3 is 0 Å². The summed E-state index contributed by atoms with van der Waals surface area (Å²) in [6.07, 6.45) is 3.56. The van der Waals surface area contributed by atoms with Crippen LogP contribution in [0.1, 0.15) is 33.1 Å². The fourth-order valence-corrected chi connectivity index (χ4v) is 2.53. The SMILES string of the molecule is CCOc1cc(N2CCCCC2C)c(N)cc1F. The summed E-state index contributed by atoms with van der Waals surface area (Å²) in [5.41, 5.74) is 7.33. The zero-order valence-corrected chi connectivity index (χ0v) is 11.1. The Labute approximate surface area is 108 Å². The van der Waals surface area contributed by atoms with Gasteiger partial charge in [-0.2, -0.15) is 0 Å². The summed E-state index contributed by atoms with van der Waals surface area (Å²) in [5.74, 6) is -0.0952. The number of nitrogens with two attached hydrogens (primary N) is 1. The molecule has 1 heterocycles. The van der Waals surface area contributed by atoms with E-state index in [0.29, 0.717) is 24.1 Å². The van der Waals surface area contributed by atoms with Crippen LogP contribution in [0.3, 0.4) is 0 Å². The average Bonchev–Trinajstić information content (AvgIpc) is 2.34. The zero-order valence-electron chi connectivity index (χ0n) is 11.1. The Morgan fingerprint density at radius 1 is 1.44 bits per heavy atom. The van der Waals surface area contributed by atoms with E-state index in [-0.39, 0.29) is 5.82 Å². The van der Waals surface area contributed by atoms with E-state index >= 15 is 0 Å². The number of halogens is 1. The predicted octanol–water partition coefficient (Wildman–Crippen LogP) is 3.19. The molecule has 18 heavy (non-hydrogen) atoms. The molecule has 1 aliphatic rings. The highest BCUT2D eigenvalue weighted by atomic mass is 19.1. The fourth-order valence-electron chi connectivity index (χ4n) is 2.53. The molecule has 0 aromatic heterocycles. The van der Waals surface area contributed by atoms with Crippen LogP contribution < -0.4 is 15.4 Å². The minimum atomic E-state index is -0.386. The number of nitrogens with zero attached hydrogens (tertiary/aromatic N) is 1. The van der Waals surface area contributed by atoms with Gasteiger partial charge in [0, 0.05) is 24.7 Å². The molecule has 1 aromatic rings. The summed E-state index contributed by atoms with van der Waals surface area (Å²) >= 11 is 0. The molecule has 0 radical (unpaired) electrons. The normalized spacial score (nSPS) is 19.9. The maximum Gasteiger partial charge on any atom is 0.167 e. The van der Waals surface area contributed by atoms with Crippen LogP contribution in [0, 0.1) is 5.82 Å². The van der Waals surface area contributed by atoms with Gasteiger partial charge in [0.25, 0.3) is 0 Å². The van der Waals surface area contributed by atoms with Crippen LogP contribution in [-0.4, -0.2) is 19.2 Å². The summed E-state index contributed by atoms with van der Waals surface area (Å²) in [7, 11) is 0. The Hall–Kier alpha value is -1.45. The van der Waals surface area contributed by atoms with Gasteiger partial charge in [0.1, 0.15) is 0 Å². The van der Waals surface area contributed by atoms with Gasteiger partial charge in [-0.25, -0.2) is 4.39 Å². The van der Waals surface area contributed by atoms with Gasteiger partial charge in [0.15, 0.2) is 11.6 Å². The number of hydrogen-bond acceptors (Lipinski definition) is 3. The molecule has 4 heteroatoms. The Balaban J connectivity index is 2.33. The first-order chi connectivity index (χ1) is 8.63. The molecule has 0 bridgehead atoms. The third-order valence-corrected chi connectivity index (χ3v) is 3.49. The van der Waals surface area contributed by atoms with E-state index in [1.807, 2.05) is 6.92 Å². The molecule has 1 aliphatic heterocycles. The highest BCUT2D eigenvalue weighted by molar-refractivity contribution is 5.70. The van der Waals surface area contributed by atoms with Crippen LogP contribution >= 0.6 is 0 Å². The molecular formula is C14H21FN2O. The lowest BCUT2D eigenvalue weighted by Crippen LogP contribution is -2.37. The maximum atomic E-state index is 13.7. The first kappa shape index (κ1) is 13.0. The predicted molar refractivity (Wildman–Crippen MR) is 72.6 cm³/mol. The molecule has 1 unspecified atom stereocenters. The van der Waals surface area contributed by atoms with Crippen molar-refractivity contribution in [3.63, 3.8) is 0 Å². The number of anilines is 2. The van der Waals surface area contributed by atoms with Crippen molar-refractivity contribution in [3.05, 3.63) is 17.9 Å². The molecule has 100 valence electrons. The Morgan fingerprint density at radius 3 is 2.89 bits per heavy atom. The molecule has 1 aromatic carbocycles. The number of ether oxygens (including phenoxy) is 1. The molecule has 2 rings (SSSR count). The van der Waals surface area contributed by atoms with E-state index in [9.17, 15) is 4.39 Å². The lowest BCUT2D eigenvalue weighted by atomic mass is 10.0. The van der Waals surface area contributed by atoms with Crippen LogP contribution in [0.2, 0.25) is 0 Å². The van der Waals surface area contributed by atoms with Crippen LogP contribution in [-0.2, 0) is 0 Å². The summed E-state index contributed by atoms with van der Waals surface area (Å²) < 4.78 is 19.0. The maximum absolute atomic E-state index is 13.7. The van der Waals surface area contributed by atoms with E-state index in [1.165, 1.54) is 12.5 Å². The number of hydrogen-bond donors (Lipinski definition) is 1. The van der Waals surface area contributed by atoms with Crippen molar-refractivity contribution in [2.75, 3.05) is 23.8 Å². The van der Waals surface area contributed by atoms with E-state index in [0.717, 1.165) is 25.1 Å². The molecular weight excluding hydrogens is 231 g/mol. The van der Waals surface area contributed by atoms with Crippen molar-refractivity contribution >= 4 is 11.4 Å². The first-order valence-electron chi connectivity index (χ1n) is 6.62. The monoisotopic (exact) mass is 252 g/mol. The third-order valence-electron chi connectivity index (χ3n) is 3.49. The molecule has 0 saturated carbocycles. The number of benzene rings is 1. The second-order valence-electron chi connectivity index (χ2n) is 4.81. The van der Waals surface area contributed by atoms with Gasteiger partial charge in [-0.1, -0.05) is 0 Å². The Bertz CT molecular complexity index is 423. The van der Waals surface area contributed by atoms with Crippen molar-refractivity contribution < 1.29 is 9.13 Å². The van der Waals surface area contributed by atoms with Crippen molar-refractivity contribution in [1.29, 1.82) is 0 Å². The van der Waals surface area contributed by atoms with Crippen molar-refractivity contribution in [3.8, 4) is 5.75 Å². The van der Waals surface area contributed by atoms with Crippen LogP contribution in [0.4, 0.5) is 15.8 Å². The lowest BCUT2D eigenvalue weighted by Gasteiger charge is -2.36. The first-order valence-corrected chi connectivity index (χ1v) is 6.62. The summed E-state index contributed by atoms with van der Waals surface area (Å²) in [5, 5.41) is 0. The van der Waals surface area contributed by atoms with E-state index in [2.05, 4.69) is 11.8 Å². The topological polar surface area (TPSA) is 38.5 Å². The second kappa shape index (κ2) is 5.46. The standard InChI is InChI=1S/C14H21FN2O/c1-3-18-14-9-13(12(16)8-11(14)15)17-7-5-4-6-10(17)2/h8-10H,3-7,16H2,1-2H3. The summed E-state index contributed by atoms with van der Waals surface area (Å²) in [6, 6.07) is 3.54. The van der Waals surface area contributed by atoms with E-state index in [1.54, 1.807) is 6.07 Å². The Kier molecular flexibility index (Phi) is 3.94. The van der Waals surface area contributed by atoms with Crippen molar-refractivity contribution in [2.45, 2.75) is 39.2 Å². The largest absolute Gasteiger partial charge is 0.491 e. The summed E-state index contributed by atoms with van der Waals surface area (Å²) in [6.45, 7) is 5.46. The molecule has 3 nitrogen and oxygen atoms in total. The van der Waals surface area contributed by atoms with Crippen LogP contribution in [0.5, 0.6) is 5.75 Å². The number of piperidine rings is 1. The highest BCUT2D eigenvalue weighted by Gasteiger charge is 2.22. The second-order valence-corrected chi connectivity index (χ2v) is 4.81. The quantitative estimate of drug-likeness (QED) is 0.840. The number of nitrogen functional groups attached to an aromatic ring is 1. The minimum absolute atomic E-state index is 0.291. The fraction of sp³-hybridized carbons (Fsp3) is 0.571. The molecule has 1 fully saturated rings. The van der Waals surface area contributed by atoms with Crippen LogP contribution in [0.25, 0.3) is 0 Å². The van der Waals surface area contributed by atoms with Crippen molar-refractivity contribution in [2.24, 2.45) is 0 Å². The molecule has 1 saturated heterocycles. The molecule has 0 spiro atoms. The smallest absolute Gasteiger partial charge is 0.167 e. The van der Waals surface area contributed by atoms with Gasteiger partial charge in [-0.15, -0.1) is 0 Å². The molecule has 0 aliphatic carbocycles.